The van der Waals surface area contributed by atoms with Gasteiger partial charge in [0.25, 0.3) is 0 Å². The highest BCUT2D eigenvalue weighted by Crippen LogP contribution is 2.11. The predicted molar refractivity (Wildman–Crippen MR) is 79.7 cm³/mol. The van der Waals surface area contributed by atoms with Crippen molar-refractivity contribution in [2.24, 2.45) is 11.7 Å². The number of hydrogen-bond donors (Lipinski definition) is 1. The summed E-state index contributed by atoms with van der Waals surface area (Å²) in [5.41, 5.74) is 7.60. The Morgan fingerprint density at radius 3 is 2.40 bits per heavy atom. The van der Waals surface area contributed by atoms with Crippen molar-refractivity contribution < 1.29 is 4.79 Å². The molecule has 0 aliphatic carbocycles. The fraction of sp³-hybridized carbons (Fsp3) is 0.500. The Balaban J connectivity index is 2.80. The van der Waals surface area contributed by atoms with Gasteiger partial charge in [-0.25, -0.2) is 0 Å². The van der Waals surface area contributed by atoms with E-state index in [1.54, 1.807) is 17.0 Å². The molecule has 0 aliphatic heterocycles. The molecule has 0 spiro atoms. The third kappa shape index (κ3) is 4.36. The van der Waals surface area contributed by atoms with Gasteiger partial charge in [0.05, 0.1) is 17.7 Å². The lowest BCUT2D eigenvalue weighted by molar-refractivity contribution is -0.134. The molecule has 0 saturated heterocycles. The Bertz CT molecular complexity index is 473. The smallest absolute Gasteiger partial charge is 0.240 e. The van der Waals surface area contributed by atoms with Gasteiger partial charge in [-0.05, 0) is 30.0 Å². The van der Waals surface area contributed by atoms with E-state index >= 15 is 0 Å². The van der Waals surface area contributed by atoms with Crippen LogP contribution < -0.4 is 5.73 Å². The van der Waals surface area contributed by atoms with Crippen LogP contribution in [-0.4, -0.2) is 23.4 Å². The van der Waals surface area contributed by atoms with Crippen molar-refractivity contribution >= 4 is 5.91 Å². The molecule has 0 aliphatic rings. The molecule has 1 unspecified atom stereocenters. The van der Waals surface area contributed by atoms with Crippen LogP contribution in [-0.2, 0) is 11.3 Å². The molecule has 4 nitrogen and oxygen atoms in total. The van der Waals surface area contributed by atoms with Crippen molar-refractivity contribution in [3.63, 3.8) is 0 Å². The van der Waals surface area contributed by atoms with Crippen LogP contribution >= 0.6 is 0 Å². The molecule has 4 heteroatoms. The van der Waals surface area contributed by atoms with Crippen LogP contribution in [0.5, 0.6) is 0 Å². The van der Waals surface area contributed by atoms with E-state index in [0.717, 1.165) is 12.0 Å². The van der Waals surface area contributed by atoms with Crippen LogP contribution in [0, 0.1) is 17.2 Å². The molecule has 0 radical (unpaired) electrons. The standard InChI is InChI=1S/C16H23N3O/c1-4-9-19(16(20)15(18)12(2)3)11-14-7-5-13(10-17)6-8-14/h5-8,12,15H,4,9,11,18H2,1-3H3. The van der Waals surface area contributed by atoms with Crippen molar-refractivity contribution in [2.75, 3.05) is 6.54 Å². The summed E-state index contributed by atoms with van der Waals surface area (Å²) in [6, 6.07) is 8.94. The van der Waals surface area contributed by atoms with Crippen LogP contribution in [0.2, 0.25) is 0 Å². The van der Waals surface area contributed by atoms with Gasteiger partial charge in [0.2, 0.25) is 5.91 Å². The molecule has 1 rings (SSSR count). The van der Waals surface area contributed by atoms with Gasteiger partial charge in [-0.15, -0.1) is 0 Å². The lowest BCUT2D eigenvalue weighted by atomic mass is 10.0. The van der Waals surface area contributed by atoms with Gasteiger partial charge < -0.3 is 10.6 Å². The van der Waals surface area contributed by atoms with Crippen LogP contribution in [0.3, 0.4) is 0 Å². The molecule has 0 fully saturated rings. The Morgan fingerprint density at radius 1 is 1.35 bits per heavy atom. The zero-order chi connectivity index (χ0) is 15.1. The molecular formula is C16H23N3O. The van der Waals surface area contributed by atoms with Gasteiger partial charge in [0.15, 0.2) is 0 Å². The third-order valence-corrected chi connectivity index (χ3v) is 3.27. The maximum atomic E-state index is 12.4. The summed E-state index contributed by atoms with van der Waals surface area (Å²) in [6.07, 6.45) is 0.896. The molecular weight excluding hydrogens is 250 g/mol. The predicted octanol–water partition coefficient (Wildman–Crippen LogP) is 2.28. The molecule has 0 heterocycles. The first-order chi connectivity index (χ1) is 9.49. The number of rotatable bonds is 6. The number of carbonyl (C=O) groups excluding carboxylic acids is 1. The minimum absolute atomic E-state index is 0.00814. The first-order valence-electron chi connectivity index (χ1n) is 7.03. The van der Waals surface area contributed by atoms with Crippen molar-refractivity contribution in [1.29, 1.82) is 5.26 Å². The van der Waals surface area contributed by atoms with E-state index < -0.39 is 6.04 Å². The van der Waals surface area contributed by atoms with Crippen molar-refractivity contribution in [2.45, 2.75) is 39.8 Å². The Labute approximate surface area is 121 Å². The van der Waals surface area contributed by atoms with E-state index in [2.05, 4.69) is 6.07 Å². The Hall–Kier alpha value is -1.86. The second kappa shape index (κ2) is 7.66. The van der Waals surface area contributed by atoms with E-state index in [4.69, 9.17) is 11.0 Å². The summed E-state index contributed by atoms with van der Waals surface area (Å²) in [7, 11) is 0. The van der Waals surface area contributed by atoms with Gasteiger partial charge >= 0.3 is 0 Å². The zero-order valence-corrected chi connectivity index (χ0v) is 12.5. The van der Waals surface area contributed by atoms with E-state index in [9.17, 15) is 4.79 Å². The summed E-state index contributed by atoms with van der Waals surface area (Å²) >= 11 is 0. The van der Waals surface area contributed by atoms with Gasteiger partial charge in [-0.1, -0.05) is 32.9 Å². The summed E-state index contributed by atoms with van der Waals surface area (Å²) in [5, 5.41) is 8.79. The number of benzene rings is 1. The maximum absolute atomic E-state index is 12.4. The second-order valence-corrected chi connectivity index (χ2v) is 5.34. The van der Waals surface area contributed by atoms with E-state index in [1.165, 1.54) is 0 Å². The fourth-order valence-electron chi connectivity index (χ4n) is 1.94. The lowest BCUT2D eigenvalue weighted by Gasteiger charge is -2.27. The highest BCUT2D eigenvalue weighted by atomic mass is 16.2. The zero-order valence-electron chi connectivity index (χ0n) is 12.5. The SMILES string of the molecule is CCCN(Cc1ccc(C#N)cc1)C(=O)C(N)C(C)C. The van der Waals surface area contributed by atoms with Crippen LogP contribution in [0.1, 0.15) is 38.3 Å². The quantitative estimate of drug-likeness (QED) is 0.864. The van der Waals surface area contributed by atoms with Gasteiger partial charge in [-0.3, -0.25) is 4.79 Å². The number of hydrogen-bond acceptors (Lipinski definition) is 3. The van der Waals surface area contributed by atoms with Gasteiger partial charge in [0.1, 0.15) is 0 Å². The van der Waals surface area contributed by atoms with Crippen molar-refractivity contribution in [1.82, 2.24) is 4.90 Å². The Morgan fingerprint density at radius 2 is 1.95 bits per heavy atom. The average Bonchev–Trinajstić information content (AvgIpc) is 2.46. The molecule has 1 atom stereocenters. The number of carbonyl (C=O) groups is 1. The minimum Gasteiger partial charge on any atom is -0.337 e. The van der Waals surface area contributed by atoms with Crippen LogP contribution in [0.25, 0.3) is 0 Å². The number of nitrogens with zero attached hydrogens (tertiary/aromatic N) is 2. The molecule has 0 aromatic heterocycles. The lowest BCUT2D eigenvalue weighted by Crippen LogP contribution is -2.46. The summed E-state index contributed by atoms with van der Waals surface area (Å²) in [4.78, 5) is 14.1. The summed E-state index contributed by atoms with van der Waals surface area (Å²) in [5.74, 6) is 0.119. The second-order valence-electron chi connectivity index (χ2n) is 5.34. The monoisotopic (exact) mass is 273 g/mol. The highest BCUT2D eigenvalue weighted by Gasteiger charge is 2.23. The van der Waals surface area contributed by atoms with E-state index in [0.29, 0.717) is 18.7 Å². The Kier molecular flexibility index (Phi) is 6.20. The molecule has 0 bridgehead atoms. The summed E-state index contributed by atoms with van der Waals surface area (Å²) in [6.45, 7) is 7.18. The minimum atomic E-state index is -0.458. The molecule has 1 aromatic rings. The molecule has 2 N–H and O–H groups in total. The molecule has 20 heavy (non-hydrogen) atoms. The number of amides is 1. The maximum Gasteiger partial charge on any atom is 0.240 e. The van der Waals surface area contributed by atoms with Crippen molar-refractivity contribution in [3.05, 3.63) is 35.4 Å². The topological polar surface area (TPSA) is 70.1 Å². The average molecular weight is 273 g/mol. The normalized spacial score (nSPS) is 12.0. The number of nitriles is 1. The first kappa shape index (κ1) is 16.2. The third-order valence-electron chi connectivity index (χ3n) is 3.27. The number of nitrogens with two attached hydrogens (primary N) is 1. The largest absolute Gasteiger partial charge is 0.337 e. The molecule has 0 saturated carbocycles. The van der Waals surface area contributed by atoms with E-state index in [1.807, 2.05) is 32.9 Å². The fourth-order valence-corrected chi connectivity index (χ4v) is 1.94. The van der Waals surface area contributed by atoms with Crippen LogP contribution in [0.4, 0.5) is 0 Å². The highest BCUT2D eigenvalue weighted by molar-refractivity contribution is 5.81. The van der Waals surface area contributed by atoms with E-state index in [-0.39, 0.29) is 11.8 Å². The molecule has 108 valence electrons. The molecule has 1 aromatic carbocycles. The first-order valence-corrected chi connectivity index (χ1v) is 7.03. The summed E-state index contributed by atoms with van der Waals surface area (Å²) < 4.78 is 0. The van der Waals surface area contributed by atoms with Crippen LogP contribution in [0.15, 0.2) is 24.3 Å². The molecule has 1 amide bonds. The van der Waals surface area contributed by atoms with Gasteiger partial charge in [0, 0.05) is 13.1 Å². The van der Waals surface area contributed by atoms with Gasteiger partial charge in [-0.2, -0.15) is 5.26 Å². The van der Waals surface area contributed by atoms with Crippen molar-refractivity contribution in [3.8, 4) is 6.07 Å².